The van der Waals surface area contributed by atoms with Crippen molar-refractivity contribution in [2.45, 2.75) is 37.6 Å². The first-order valence-electron chi connectivity index (χ1n) is 43.1. The highest BCUT2D eigenvalue weighted by Crippen LogP contribution is 2.40. The lowest BCUT2D eigenvalue weighted by Gasteiger charge is -2.36. The number of hydrogen-bond donors (Lipinski definition) is 8. The van der Waals surface area contributed by atoms with Gasteiger partial charge in [0, 0.05) is 134 Å². The fraction of sp³-hybridized carbons (Fsp3) is 0.200. The number of nitrogens with one attached hydrogen (secondary N) is 8. The van der Waals surface area contributed by atoms with Gasteiger partial charge in [-0.1, -0.05) is 65.9 Å². The number of rotatable bonds is 17. The van der Waals surface area contributed by atoms with E-state index >= 15 is 0 Å². The van der Waals surface area contributed by atoms with Crippen molar-refractivity contribution in [3.63, 3.8) is 0 Å². The summed E-state index contributed by atoms with van der Waals surface area (Å²) in [7, 11) is 1.69. The molecule has 4 aliphatic heterocycles. The second-order valence-corrected chi connectivity index (χ2v) is 35.8. The summed E-state index contributed by atoms with van der Waals surface area (Å²) < 4.78 is 11.6. The van der Waals surface area contributed by atoms with Crippen LogP contribution < -0.4 is 55.4 Å². The van der Waals surface area contributed by atoms with E-state index in [1.807, 2.05) is 104 Å². The van der Waals surface area contributed by atoms with Crippen molar-refractivity contribution in [1.29, 1.82) is 0 Å². The van der Waals surface area contributed by atoms with E-state index in [2.05, 4.69) is 255 Å². The standard InChI is InChI=1S/C24H21N9S.C24H23N7OS.C24H22N6S.C23H21N7S/c1-2-4-21-19(3-1)30-31-33(21)17-7-10-32(11-8-17)24-27-20-9-12-34-22(20)23(28-24)26-16-5-6-18-15(13-16)14-25-29-18;1-32-19-5-3-18(4-6-19)30-9-11-31(12-10-30)24-27-21-8-13-33-22(21)23(28-24)26-17-2-7-20-16(14-17)15-25-29-20;1-2-4-16(5-3-1)17-8-11-30(12-9-17)24-27-21-10-13-31-22(21)23(28-24)26-19-6-7-20-18(14-19)15-25-29-20;1-2-4-18(5-3-1)29-9-11-30(12-10-29)23-26-20-8-13-31-21(20)22(27-23)25-17-6-7-19-16(14-17)15-24-28-19/h1-6,9,12-14,17H,7-8,10-11H2,(H,25,29)(H,26,27,28);2-8,13-15H,9-12H2,1H3,(H,25,29)(H,26,27,28);1-7,10,13-15,17H,8-9,11-12H2,(H,25,29)(H,26,27,28);1-8,13-15H,9-12H2,(H,24,28)(H,25,26,27). The minimum absolute atomic E-state index is 0.327. The number of para-hydroxylation sites is 2. The molecule has 13 aromatic heterocycles. The smallest absolute Gasteiger partial charge is 0.228 e. The van der Waals surface area contributed by atoms with Gasteiger partial charge in [-0.25, -0.2) is 24.6 Å². The van der Waals surface area contributed by atoms with Gasteiger partial charge in [-0.2, -0.15) is 40.3 Å². The zero-order chi connectivity index (χ0) is 85.9. The molecule has 0 radical (unpaired) electrons. The van der Waals surface area contributed by atoms with Crippen LogP contribution in [0, 0.1) is 0 Å². The summed E-state index contributed by atoms with van der Waals surface area (Å²) in [6.45, 7) is 10.9. The summed E-state index contributed by atoms with van der Waals surface area (Å²) in [5, 5.41) is 63.8. The number of nitrogens with zero attached hydrogens (tertiary/aromatic N) is 21. The highest BCUT2D eigenvalue weighted by molar-refractivity contribution is 7.18. The normalized spacial score (nSPS) is 14.7. The van der Waals surface area contributed by atoms with Gasteiger partial charge in [-0.05, 0) is 204 Å². The third-order valence-electron chi connectivity index (χ3n) is 24.2. The van der Waals surface area contributed by atoms with Crippen molar-refractivity contribution in [2.75, 3.05) is 136 Å². The molecule has 0 amide bonds. The number of fused-ring (bicyclic) bond motifs is 9. The molecule has 0 unspecified atom stereocenters. The van der Waals surface area contributed by atoms with Crippen LogP contribution in [0.2, 0.25) is 0 Å². The summed E-state index contributed by atoms with van der Waals surface area (Å²) >= 11 is 6.63. The van der Waals surface area contributed by atoms with Gasteiger partial charge in [-0.3, -0.25) is 20.4 Å². The van der Waals surface area contributed by atoms with Gasteiger partial charge in [0.2, 0.25) is 23.8 Å². The third-order valence-corrected chi connectivity index (χ3v) is 27.8. The molecule has 8 N–H and O–H groups in total. The molecule has 0 aliphatic carbocycles. The first-order valence-corrected chi connectivity index (χ1v) is 46.6. The van der Waals surface area contributed by atoms with Gasteiger partial charge in [0.05, 0.1) is 106 Å². The predicted molar refractivity (Wildman–Crippen MR) is 524 cm³/mol. The van der Waals surface area contributed by atoms with Gasteiger partial charge in [0.1, 0.15) is 11.3 Å². The fourth-order valence-corrected chi connectivity index (χ4v) is 20.4. The van der Waals surface area contributed by atoms with Crippen molar-refractivity contribution >= 4 is 222 Å². The Kier molecular flexibility index (Phi) is 22.2. The monoisotopic (exact) mass is 1780 g/mol. The largest absolute Gasteiger partial charge is 0.497 e. The number of aromatic amines is 4. The van der Waals surface area contributed by atoms with Gasteiger partial charge in [-0.15, -0.1) is 50.4 Å². The van der Waals surface area contributed by atoms with Crippen molar-refractivity contribution in [3.05, 3.63) is 258 Å². The molecule has 4 aliphatic rings. The maximum Gasteiger partial charge on any atom is 0.228 e. The molecule has 0 atom stereocenters. The van der Waals surface area contributed by atoms with Crippen LogP contribution in [-0.2, 0) is 0 Å². The van der Waals surface area contributed by atoms with E-state index in [1.54, 1.807) is 52.5 Å². The highest BCUT2D eigenvalue weighted by Gasteiger charge is 2.29. The SMILES string of the molecule is COc1ccc(N2CCN(c3nc(Nc4ccc5[nH]ncc5c4)c4sccc4n3)CC2)cc1.c1ccc(C2CCN(c3nc(Nc4ccc5[nH]ncc5c4)c4sccc4n3)CC2)cc1.c1ccc(N2CCN(c3nc(Nc4ccc5[nH]ncc5c4)c4sccc4n3)CC2)cc1.c1ccc2c(c1)nnn2C1CCN(c2nc(Nc3ccc4[nH]ncc4c3)c3sccc3n2)CC1. The van der Waals surface area contributed by atoms with Gasteiger partial charge in [0.15, 0.2) is 23.3 Å². The van der Waals surface area contributed by atoms with Crippen LogP contribution in [0.5, 0.6) is 5.75 Å². The molecule has 25 rings (SSSR count). The minimum atomic E-state index is 0.327. The van der Waals surface area contributed by atoms with E-state index in [0.717, 1.165) is 275 Å². The molecule has 4 saturated heterocycles. The molecular formula is C95H87N29OS4. The molecule has 8 aromatic carbocycles. The average molecular weight is 1780 g/mol. The van der Waals surface area contributed by atoms with Crippen molar-refractivity contribution in [1.82, 2.24) is 95.7 Å². The number of methoxy groups -OCH3 is 1. The first kappa shape index (κ1) is 79.9. The molecule has 0 saturated carbocycles. The Bertz CT molecular complexity index is 7250. The number of aromatic nitrogens is 19. The lowest BCUT2D eigenvalue weighted by Crippen LogP contribution is -2.47. The Morgan fingerprint density at radius 2 is 0.667 bits per heavy atom. The van der Waals surface area contributed by atoms with Gasteiger partial charge < -0.3 is 55.4 Å². The number of benzene rings is 8. The van der Waals surface area contributed by atoms with E-state index in [1.165, 1.54) is 16.9 Å². The molecule has 642 valence electrons. The molecule has 21 aromatic rings. The summed E-state index contributed by atoms with van der Waals surface area (Å²) in [4.78, 5) is 53.2. The summed E-state index contributed by atoms with van der Waals surface area (Å²) in [5.41, 5.74) is 17.9. The van der Waals surface area contributed by atoms with E-state index < -0.39 is 0 Å². The molecule has 34 heteroatoms. The summed E-state index contributed by atoms with van der Waals surface area (Å²) in [5.74, 6) is 8.00. The maximum atomic E-state index is 5.28. The fourth-order valence-electron chi connectivity index (χ4n) is 17.3. The van der Waals surface area contributed by atoms with Crippen LogP contribution in [0.15, 0.2) is 253 Å². The number of piperidine rings is 2. The van der Waals surface area contributed by atoms with Crippen molar-refractivity contribution in [3.8, 4) is 5.75 Å². The Morgan fingerprint density at radius 1 is 0.326 bits per heavy atom. The second kappa shape index (κ2) is 35.8. The zero-order valence-corrected chi connectivity index (χ0v) is 73.4. The first-order chi connectivity index (χ1) is 63.7. The topological polar surface area (TPSA) is 325 Å². The number of piperazine rings is 2. The van der Waals surface area contributed by atoms with Crippen LogP contribution in [0.4, 0.5) is 81.2 Å². The Hall–Kier alpha value is -15.0. The van der Waals surface area contributed by atoms with E-state index in [-0.39, 0.29) is 0 Å². The molecule has 129 heavy (non-hydrogen) atoms. The van der Waals surface area contributed by atoms with E-state index in [9.17, 15) is 0 Å². The lowest BCUT2D eigenvalue weighted by molar-refractivity contribution is 0.367. The van der Waals surface area contributed by atoms with Crippen LogP contribution >= 0.6 is 45.3 Å². The second-order valence-electron chi connectivity index (χ2n) is 32.1. The molecule has 4 fully saturated rings. The number of anilines is 14. The zero-order valence-electron chi connectivity index (χ0n) is 70.1. The Balaban J connectivity index is 0.000000101. The minimum Gasteiger partial charge on any atom is -0.497 e. The summed E-state index contributed by atoms with van der Waals surface area (Å²) in [6, 6.07) is 71.0. The lowest BCUT2D eigenvalue weighted by atomic mass is 9.90. The number of hydrogen-bond acceptors (Lipinski definition) is 29. The maximum absolute atomic E-state index is 5.28. The van der Waals surface area contributed by atoms with Crippen molar-refractivity contribution < 1.29 is 4.74 Å². The van der Waals surface area contributed by atoms with E-state index in [0.29, 0.717) is 12.0 Å². The van der Waals surface area contributed by atoms with Crippen LogP contribution in [-0.4, -0.2) is 181 Å². The van der Waals surface area contributed by atoms with Crippen LogP contribution in [0.1, 0.15) is 43.2 Å². The average Bonchev–Trinajstić information content (AvgIpc) is 1.65. The Labute approximate surface area is 755 Å². The van der Waals surface area contributed by atoms with Gasteiger partial charge in [0.25, 0.3) is 0 Å². The van der Waals surface area contributed by atoms with Gasteiger partial charge >= 0.3 is 0 Å². The Morgan fingerprint density at radius 3 is 1.05 bits per heavy atom. The van der Waals surface area contributed by atoms with Crippen LogP contribution in [0.25, 0.3) is 95.5 Å². The molecule has 0 bridgehead atoms. The summed E-state index contributed by atoms with van der Waals surface area (Å²) in [6.07, 6.45) is 11.5. The number of ether oxygens (including phenoxy) is 1. The van der Waals surface area contributed by atoms with E-state index in [4.69, 9.17) is 44.6 Å². The molecular weight excluding hydrogens is 1690 g/mol. The highest BCUT2D eigenvalue weighted by atomic mass is 32.1. The van der Waals surface area contributed by atoms with Crippen molar-refractivity contribution in [2.24, 2.45) is 0 Å². The predicted octanol–water partition coefficient (Wildman–Crippen LogP) is 19.9. The third kappa shape index (κ3) is 17.1. The quantitative estimate of drug-likeness (QED) is 0.0420. The number of H-pyrrole nitrogens is 4. The molecule has 30 nitrogen and oxygen atoms in total. The van der Waals surface area contributed by atoms with Crippen LogP contribution in [0.3, 0.4) is 0 Å². The molecule has 0 spiro atoms. The molecule has 17 heterocycles. The number of thiophene rings is 4.